The maximum Gasteiger partial charge on any atom is 0.126 e. The van der Waals surface area contributed by atoms with Gasteiger partial charge in [-0.15, -0.1) is 0 Å². The monoisotopic (exact) mass is 302 g/mol. The van der Waals surface area contributed by atoms with Crippen molar-refractivity contribution in [3.05, 3.63) is 82.3 Å². The van der Waals surface area contributed by atoms with E-state index in [2.05, 4.69) is 11.6 Å². The van der Waals surface area contributed by atoms with Crippen LogP contribution >= 0.6 is 11.6 Å². The van der Waals surface area contributed by atoms with Crippen LogP contribution in [-0.4, -0.2) is 12.3 Å². The third-order valence-corrected chi connectivity index (χ3v) is 3.34. The van der Waals surface area contributed by atoms with E-state index >= 15 is 0 Å². The molecule has 4 heteroatoms. The summed E-state index contributed by atoms with van der Waals surface area (Å²) in [5.41, 5.74) is 8.60. The Morgan fingerprint density at radius 2 is 2.00 bits per heavy atom. The Kier molecular flexibility index (Phi) is 4.76. The van der Waals surface area contributed by atoms with E-state index in [9.17, 15) is 4.39 Å². The predicted molar refractivity (Wildman–Crippen MR) is 86.4 cm³/mol. The Hall–Kier alpha value is -2.13. The van der Waals surface area contributed by atoms with Crippen molar-refractivity contribution in [2.45, 2.75) is 6.92 Å². The van der Waals surface area contributed by atoms with Gasteiger partial charge < -0.3 is 5.73 Å². The normalized spacial score (nSPS) is 11.5. The van der Waals surface area contributed by atoms with Crippen LogP contribution in [0.2, 0.25) is 5.02 Å². The number of halogens is 2. The molecule has 0 atom stereocenters. The number of rotatable bonds is 4. The number of benzene rings is 2. The van der Waals surface area contributed by atoms with E-state index in [1.807, 2.05) is 24.3 Å². The second-order valence-electron chi connectivity index (χ2n) is 4.77. The minimum Gasteiger partial charge on any atom is -0.401 e. The summed E-state index contributed by atoms with van der Waals surface area (Å²) in [5.74, 6) is -0.279. The predicted octanol–water partition coefficient (Wildman–Crippen LogP) is 4.10. The summed E-state index contributed by atoms with van der Waals surface area (Å²) < 4.78 is 13.8. The average molecular weight is 303 g/mol. The molecule has 2 aromatic rings. The van der Waals surface area contributed by atoms with Crippen molar-refractivity contribution in [3.8, 4) is 0 Å². The molecule has 108 valence electrons. The minimum atomic E-state index is -0.279. The summed E-state index contributed by atoms with van der Waals surface area (Å²) in [6.45, 7) is 5.61. The molecule has 0 unspecified atom stereocenters. The molecule has 0 saturated carbocycles. The molecule has 2 N–H and O–H groups in total. The molecular formula is C17H16ClFN2. The molecule has 21 heavy (non-hydrogen) atoms. The van der Waals surface area contributed by atoms with Gasteiger partial charge in [-0.3, -0.25) is 4.99 Å². The number of hydrogen-bond donors (Lipinski definition) is 1. The molecule has 0 spiro atoms. The summed E-state index contributed by atoms with van der Waals surface area (Å²) in [4.78, 5) is 4.44. The second-order valence-corrected chi connectivity index (χ2v) is 5.17. The van der Waals surface area contributed by atoms with Crippen molar-refractivity contribution in [1.82, 2.24) is 0 Å². The first-order valence-electron chi connectivity index (χ1n) is 6.48. The van der Waals surface area contributed by atoms with Crippen molar-refractivity contribution >= 4 is 17.3 Å². The summed E-state index contributed by atoms with van der Waals surface area (Å²) in [5, 5.41) is 0.555. The van der Waals surface area contributed by atoms with Gasteiger partial charge in [-0.25, -0.2) is 4.39 Å². The van der Waals surface area contributed by atoms with Gasteiger partial charge in [0.2, 0.25) is 0 Å². The smallest absolute Gasteiger partial charge is 0.126 e. The molecule has 0 heterocycles. The van der Waals surface area contributed by atoms with Crippen LogP contribution in [0.25, 0.3) is 0 Å². The zero-order valence-corrected chi connectivity index (χ0v) is 12.5. The Balaban J connectivity index is 2.56. The van der Waals surface area contributed by atoms with Crippen molar-refractivity contribution in [1.29, 1.82) is 0 Å². The molecular weight excluding hydrogens is 287 g/mol. The van der Waals surface area contributed by atoms with Gasteiger partial charge in [0, 0.05) is 21.8 Å². The highest BCUT2D eigenvalue weighted by molar-refractivity contribution is 6.35. The van der Waals surface area contributed by atoms with Crippen LogP contribution in [-0.2, 0) is 0 Å². The molecule has 0 saturated heterocycles. The molecule has 0 radical (unpaired) electrons. The third-order valence-electron chi connectivity index (χ3n) is 3.01. The van der Waals surface area contributed by atoms with Gasteiger partial charge >= 0.3 is 0 Å². The van der Waals surface area contributed by atoms with Crippen LogP contribution in [0.15, 0.2) is 59.7 Å². The van der Waals surface area contributed by atoms with Gasteiger partial charge in [0.15, 0.2) is 0 Å². The van der Waals surface area contributed by atoms with Crippen LogP contribution in [0.4, 0.5) is 4.39 Å². The van der Waals surface area contributed by atoms with Gasteiger partial charge in [0.1, 0.15) is 5.82 Å². The van der Waals surface area contributed by atoms with Gasteiger partial charge in [-0.05, 0) is 24.6 Å². The first-order valence-corrected chi connectivity index (χ1v) is 6.86. The molecule has 0 fully saturated rings. The first-order chi connectivity index (χ1) is 9.99. The molecule has 0 aliphatic carbocycles. The highest BCUT2D eigenvalue weighted by Crippen LogP contribution is 2.21. The lowest BCUT2D eigenvalue weighted by molar-refractivity contribution is 0.618. The number of nitrogens with two attached hydrogens (primary N) is 1. The largest absolute Gasteiger partial charge is 0.401 e. The maximum absolute atomic E-state index is 13.8. The lowest BCUT2D eigenvalue weighted by Gasteiger charge is -2.10. The van der Waals surface area contributed by atoms with Gasteiger partial charge in [-0.2, -0.15) is 0 Å². The molecule has 2 aromatic carbocycles. The lowest BCUT2D eigenvalue weighted by atomic mass is 10.0. The van der Waals surface area contributed by atoms with Crippen LogP contribution in [0.3, 0.4) is 0 Å². The molecule has 0 amide bonds. The van der Waals surface area contributed by atoms with Gasteiger partial charge in [-0.1, -0.05) is 48.5 Å². The number of aliphatic imine (C=N–C) groups is 1. The Bertz CT molecular complexity index is 708. The molecule has 0 aliphatic heterocycles. The molecule has 2 nitrogen and oxygen atoms in total. The molecule has 0 aliphatic rings. The van der Waals surface area contributed by atoms with E-state index in [0.717, 1.165) is 5.56 Å². The Morgan fingerprint density at radius 3 is 2.62 bits per heavy atom. The second kappa shape index (κ2) is 6.55. The van der Waals surface area contributed by atoms with E-state index in [1.54, 1.807) is 19.1 Å². The van der Waals surface area contributed by atoms with Crippen LogP contribution in [0.5, 0.6) is 0 Å². The van der Waals surface area contributed by atoms with E-state index in [0.29, 0.717) is 27.6 Å². The lowest BCUT2D eigenvalue weighted by Crippen LogP contribution is -2.08. The topological polar surface area (TPSA) is 38.4 Å². The number of nitrogens with zero attached hydrogens (tertiary/aromatic N) is 1. The van der Waals surface area contributed by atoms with Crippen LogP contribution in [0, 0.1) is 12.7 Å². The standard InChI is InChI=1S/C17H16ClFN2/c1-11-7-8-13(9-16(11)19)17(21-10-12(2)20)14-5-3-4-6-15(14)18/h3-9H,2,10,20H2,1H3. The fraction of sp³-hybridized carbons (Fsp3) is 0.118. The van der Waals surface area contributed by atoms with Gasteiger partial charge in [0.05, 0.1) is 12.3 Å². The summed E-state index contributed by atoms with van der Waals surface area (Å²) in [7, 11) is 0. The quantitative estimate of drug-likeness (QED) is 0.849. The van der Waals surface area contributed by atoms with Crippen LogP contribution in [0.1, 0.15) is 16.7 Å². The highest BCUT2D eigenvalue weighted by Gasteiger charge is 2.12. The third kappa shape index (κ3) is 3.70. The fourth-order valence-electron chi connectivity index (χ4n) is 1.91. The zero-order chi connectivity index (χ0) is 15.4. The first kappa shape index (κ1) is 15.3. The van der Waals surface area contributed by atoms with Crippen molar-refractivity contribution < 1.29 is 4.39 Å². The fourth-order valence-corrected chi connectivity index (χ4v) is 2.13. The number of aryl methyl sites for hydroxylation is 1. The highest BCUT2D eigenvalue weighted by atomic mass is 35.5. The van der Waals surface area contributed by atoms with Crippen molar-refractivity contribution in [3.63, 3.8) is 0 Å². The summed E-state index contributed by atoms with van der Waals surface area (Å²) >= 11 is 6.23. The number of hydrogen-bond acceptors (Lipinski definition) is 2. The van der Waals surface area contributed by atoms with Crippen molar-refractivity contribution in [2.75, 3.05) is 6.54 Å². The van der Waals surface area contributed by atoms with Gasteiger partial charge in [0.25, 0.3) is 0 Å². The van der Waals surface area contributed by atoms with E-state index in [1.165, 1.54) is 6.07 Å². The summed E-state index contributed by atoms with van der Waals surface area (Å²) in [6, 6.07) is 12.3. The average Bonchev–Trinajstić information content (AvgIpc) is 2.44. The van der Waals surface area contributed by atoms with Crippen molar-refractivity contribution in [2.24, 2.45) is 10.7 Å². The molecule has 2 rings (SSSR count). The summed E-state index contributed by atoms with van der Waals surface area (Å²) in [6.07, 6.45) is 0. The molecule has 0 bridgehead atoms. The maximum atomic E-state index is 13.8. The zero-order valence-electron chi connectivity index (χ0n) is 11.7. The Labute approximate surface area is 128 Å². The Morgan fingerprint density at radius 1 is 1.29 bits per heavy atom. The minimum absolute atomic E-state index is 0.260. The van der Waals surface area contributed by atoms with E-state index in [-0.39, 0.29) is 12.4 Å². The van der Waals surface area contributed by atoms with E-state index < -0.39 is 0 Å². The van der Waals surface area contributed by atoms with E-state index in [4.69, 9.17) is 17.3 Å². The molecule has 0 aromatic heterocycles. The SMILES string of the molecule is C=C(N)CN=C(c1ccc(C)c(F)c1)c1ccccc1Cl. The van der Waals surface area contributed by atoms with Crippen LogP contribution < -0.4 is 5.73 Å².